The van der Waals surface area contributed by atoms with Crippen LogP contribution in [0.1, 0.15) is 15.9 Å². The van der Waals surface area contributed by atoms with E-state index in [1.54, 1.807) is 0 Å². The third-order valence-electron chi connectivity index (χ3n) is 4.18. The van der Waals surface area contributed by atoms with E-state index < -0.39 is 23.4 Å². The fourth-order valence-corrected chi connectivity index (χ4v) is 3.00. The maximum absolute atomic E-state index is 12.3. The van der Waals surface area contributed by atoms with Gasteiger partial charge in [0.25, 0.3) is 5.91 Å². The van der Waals surface area contributed by atoms with Gasteiger partial charge in [0.2, 0.25) is 0 Å². The standard InChI is InChI=1S/C19H16ClNO8/c1-27-15-7-14-9(5-10(15)22)21-18(25)13(29-14)4-3-8-16(19(26)28-2)11(23)6-12(24)17(8)20/h4-7,22-24H,3H2,1-2H3,(H,21,25)/b13-4+. The fraction of sp³-hybridized carbons (Fsp3) is 0.158. The zero-order valence-corrected chi connectivity index (χ0v) is 16.0. The van der Waals surface area contributed by atoms with Gasteiger partial charge in [0.1, 0.15) is 17.1 Å². The summed E-state index contributed by atoms with van der Waals surface area (Å²) in [4.78, 5) is 24.3. The first-order valence-electron chi connectivity index (χ1n) is 8.18. The highest BCUT2D eigenvalue weighted by Gasteiger charge is 2.26. The molecule has 10 heteroatoms. The van der Waals surface area contributed by atoms with Crippen molar-refractivity contribution in [2.24, 2.45) is 0 Å². The van der Waals surface area contributed by atoms with Gasteiger partial charge in [0.05, 0.1) is 24.9 Å². The summed E-state index contributed by atoms with van der Waals surface area (Å²) in [6.45, 7) is 0. The number of halogens is 1. The van der Waals surface area contributed by atoms with Crippen LogP contribution in [-0.4, -0.2) is 41.4 Å². The Kier molecular flexibility index (Phi) is 5.42. The monoisotopic (exact) mass is 421 g/mol. The molecular formula is C19H16ClNO8. The fourth-order valence-electron chi connectivity index (χ4n) is 2.78. The quantitative estimate of drug-likeness (QED) is 0.437. The predicted molar refractivity (Wildman–Crippen MR) is 102 cm³/mol. The molecule has 0 atom stereocenters. The van der Waals surface area contributed by atoms with Crippen LogP contribution in [-0.2, 0) is 16.0 Å². The number of rotatable bonds is 4. The lowest BCUT2D eigenvalue weighted by Crippen LogP contribution is -2.24. The number of phenolic OH excluding ortho intramolecular Hbond substituents is 3. The van der Waals surface area contributed by atoms with Crippen LogP contribution in [0.2, 0.25) is 5.02 Å². The summed E-state index contributed by atoms with van der Waals surface area (Å²) in [7, 11) is 2.49. The second-order valence-corrected chi connectivity index (χ2v) is 6.30. The molecule has 9 nitrogen and oxygen atoms in total. The molecule has 3 rings (SSSR count). The Labute approximate surface area is 169 Å². The van der Waals surface area contributed by atoms with Crippen molar-refractivity contribution in [3.8, 4) is 28.7 Å². The van der Waals surface area contributed by atoms with Gasteiger partial charge in [-0.05, 0) is 18.1 Å². The molecule has 0 aromatic heterocycles. The van der Waals surface area contributed by atoms with Crippen molar-refractivity contribution in [2.45, 2.75) is 6.42 Å². The Bertz CT molecular complexity index is 1050. The largest absolute Gasteiger partial charge is 0.507 e. The molecule has 29 heavy (non-hydrogen) atoms. The van der Waals surface area contributed by atoms with Gasteiger partial charge in [0.15, 0.2) is 23.0 Å². The van der Waals surface area contributed by atoms with Gasteiger partial charge in [-0.1, -0.05) is 11.6 Å². The molecule has 2 aromatic rings. The first-order chi connectivity index (χ1) is 13.8. The summed E-state index contributed by atoms with van der Waals surface area (Å²) in [6, 6.07) is 3.59. The zero-order chi connectivity index (χ0) is 21.3. The molecule has 152 valence electrons. The number of nitrogens with one attached hydrogen (secondary N) is 1. The molecule has 1 amide bonds. The van der Waals surface area contributed by atoms with Crippen molar-refractivity contribution in [2.75, 3.05) is 19.5 Å². The van der Waals surface area contributed by atoms with Gasteiger partial charge in [-0.3, -0.25) is 4.79 Å². The topological polar surface area (TPSA) is 135 Å². The zero-order valence-electron chi connectivity index (χ0n) is 15.3. The van der Waals surface area contributed by atoms with Crippen LogP contribution in [0.25, 0.3) is 0 Å². The Morgan fingerprint density at radius 3 is 2.55 bits per heavy atom. The van der Waals surface area contributed by atoms with Crippen LogP contribution in [0.5, 0.6) is 28.7 Å². The van der Waals surface area contributed by atoms with E-state index in [1.165, 1.54) is 25.3 Å². The Morgan fingerprint density at radius 1 is 1.17 bits per heavy atom. The first kappa shape index (κ1) is 20.2. The number of benzene rings is 2. The van der Waals surface area contributed by atoms with E-state index >= 15 is 0 Å². The van der Waals surface area contributed by atoms with E-state index in [-0.39, 0.29) is 51.3 Å². The number of methoxy groups -OCH3 is 2. The lowest BCUT2D eigenvalue weighted by molar-refractivity contribution is -0.115. The van der Waals surface area contributed by atoms with Gasteiger partial charge in [-0.2, -0.15) is 0 Å². The molecule has 2 aromatic carbocycles. The minimum atomic E-state index is -0.864. The van der Waals surface area contributed by atoms with Crippen LogP contribution in [0.15, 0.2) is 30.0 Å². The van der Waals surface area contributed by atoms with Crippen molar-refractivity contribution in [1.29, 1.82) is 0 Å². The van der Waals surface area contributed by atoms with Crippen LogP contribution >= 0.6 is 11.6 Å². The molecule has 0 saturated heterocycles. The highest BCUT2D eigenvalue weighted by atomic mass is 35.5. The molecule has 4 N–H and O–H groups in total. The third-order valence-corrected chi connectivity index (χ3v) is 4.60. The average Bonchev–Trinajstić information content (AvgIpc) is 2.68. The summed E-state index contributed by atoms with van der Waals surface area (Å²) in [5.74, 6) is -2.36. The van der Waals surface area contributed by atoms with E-state index in [2.05, 4.69) is 10.1 Å². The SMILES string of the molecule is COC(=O)c1c(O)cc(O)c(Cl)c1C/C=C1/Oc2cc(OC)c(O)cc2NC1=O. The van der Waals surface area contributed by atoms with Gasteiger partial charge in [0, 0.05) is 18.2 Å². The normalized spacial score (nSPS) is 14.0. The highest BCUT2D eigenvalue weighted by Crippen LogP contribution is 2.41. The predicted octanol–water partition coefficient (Wildman–Crippen LogP) is 2.71. The number of fused-ring (bicyclic) bond motifs is 1. The van der Waals surface area contributed by atoms with Crippen molar-refractivity contribution >= 4 is 29.2 Å². The lowest BCUT2D eigenvalue weighted by Gasteiger charge is -2.21. The molecule has 1 aliphatic rings. The van der Waals surface area contributed by atoms with Crippen LogP contribution < -0.4 is 14.8 Å². The molecule has 1 aliphatic heterocycles. The van der Waals surface area contributed by atoms with Crippen LogP contribution in [0.4, 0.5) is 5.69 Å². The van der Waals surface area contributed by atoms with Crippen molar-refractivity contribution in [1.82, 2.24) is 0 Å². The number of ether oxygens (including phenoxy) is 3. The molecule has 0 fully saturated rings. The van der Waals surface area contributed by atoms with Crippen molar-refractivity contribution in [3.63, 3.8) is 0 Å². The number of phenols is 3. The van der Waals surface area contributed by atoms with Gasteiger partial charge >= 0.3 is 5.97 Å². The minimum absolute atomic E-state index is 0.0500. The second kappa shape index (κ2) is 7.80. The van der Waals surface area contributed by atoms with E-state index in [4.69, 9.17) is 21.1 Å². The summed E-state index contributed by atoms with van der Waals surface area (Å²) in [6.07, 6.45) is 1.18. The summed E-state index contributed by atoms with van der Waals surface area (Å²) in [5.41, 5.74) is 0.0538. The van der Waals surface area contributed by atoms with E-state index in [0.717, 1.165) is 13.2 Å². The number of carbonyl (C=O) groups is 2. The maximum atomic E-state index is 12.3. The molecule has 0 unspecified atom stereocenters. The summed E-state index contributed by atoms with van der Waals surface area (Å²) in [5, 5.41) is 32.0. The smallest absolute Gasteiger partial charge is 0.341 e. The Balaban J connectivity index is 1.99. The molecule has 0 aliphatic carbocycles. The number of carbonyl (C=O) groups excluding carboxylic acids is 2. The number of amides is 1. The van der Waals surface area contributed by atoms with E-state index in [9.17, 15) is 24.9 Å². The van der Waals surface area contributed by atoms with Gasteiger partial charge < -0.3 is 34.8 Å². The molecule has 0 bridgehead atoms. The number of aromatic hydroxyl groups is 3. The maximum Gasteiger partial charge on any atom is 0.341 e. The van der Waals surface area contributed by atoms with Crippen molar-refractivity contribution in [3.05, 3.63) is 46.2 Å². The number of hydrogen-bond acceptors (Lipinski definition) is 8. The third kappa shape index (κ3) is 3.72. The van der Waals surface area contributed by atoms with Gasteiger partial charge in [-0.25, -0.2) is 4.79 Å². The van der Waals surface area contributed by atoms with E-state index in [1.807, 2.05) is 0 Å². The number of allylic oxidation sites excluding steroid dienone is 1. The molecule has 0 radical (unpaired) electrons. The van der Waals surface area contributed by atoms with Crippen LogP contribution in [0.3, 0.4) is 0 Å². The van der Waals surface area contributed by atoms with Crippen LogP contribution in [0, 0.1) is 0 Å². The Hall–Kier alpha value is -3.59. The number of esters is 1. The summed E-state index contributed by atoms with van der Waals surface area (Å²) < 4.78 is 15.2. The lowest BCUT2D eigenvalue weighted by atomic mass is 10.0. The average molecular weight is 422 g/mol. The minimum Gasteiger partial charge on any atom is -0.507 e. The Morgan fingerprint density at radius 2 is 1.90 bits per heavy atom. The molecule has 0 saturated carbocycles. The second-order valence-electron chi connectivity index (χ2n) is 5.92. The molecule has 0 spiro atoms. The first-order valence-corrected chi connectivity index (χ1v) is 8.56. The van der Waals surface area contributed by atoms with Crippen molar-refractivity contribution < 1.29 is 39.1 Å². The number of hydrogen-bond donors (Lipinski definition) is 4. The number of anilines is 1. The molecular weight excluding hydrogens is 406 g/mol. The van der Waals surface area contributed by atoms with Gasteiger partial charge in [-0.15, -0.1) is 0 Å². The van der Waals surface area contributed by atoms with E-state index in [0.29, 0.717) is 0 Å². The summed E-state index contributed by atoms with van der Waals surface area (Å²) >= 11 is 6.08. The molecule has 1 heterocycles. The highest BCUT2D eigenvalue weighted by molar-refractivity contribution is 6.33.